The van der Waals surface area contributed by atoms with Crippen LogP contribution in [0, 0.1) is 5.82 Å². The highest BCUT2D eigenvalue weighted by atomic mass is 19.1. The molecular formula is C16H23FN2O2. The summed E-state index contributed by atoms with van der Waals surface area (Å²) in [6.07, 6.45) is 4.99. The van der Waals surface area contributed by atoms with Crippen molar-refractivity contribution < 1.29 is 14.3 Å². The van der Waals surface area contributed by atoms with Crippen LogP contribution >= 0.6 is 0 Å². The molecule has 0 aromatic heterocycles. The van der Waals surface area contributed by atoms with Crippen molar-refractivity contribution >= 4 is 5.91 Å². The van der Waals surface area contributed by atoms with Crippen LogP contribution in [0.4, 0.5) is 4.39 Å². The van der Waals surface area contributed by atoms with Gasteiger partial charge in [0.15, 0.2) is 0 Å². The Morgan fingerprint density at radius 2 is 1.95 bits per heavy atom. The zero-order chi connectivity index (χ0) is 15.2. The summed E-state index contributed by atoms with van der Waals surface area (Å²) in [5.74, 6) is -1.12. The molecule has 5 heteroatoms. The van der Waals surface area contributed by atoms with Crippen LogP contribution in [0.3, 0.4) is 0 Å². The maximum absolute atomic E-state index is 13.2. The van der Waals surface area contributed by atoms with Crippen molar-refractivity contribution in [3.05, 3.63) is 29.6 Å². The number of aromatic hydroxyl groups is 1. The molecule has 0 heterocycles. The molecule has 0 saturated heterocycles. The molecule has 0 unspecified atom stereocenters. The van der Waals surface area contributed by atoms with Gasteiger partial charge in [-0.25, -0.2) is 4.39 Å². The fraction of sp³-hybridized carbons (Fsp3) is 0.562. The van der Waals surface area contributed by atoms with Crippen LogP contribution in [0.5, 0.6) is 5.75 Å². The Hall–Kier alpha value is -1.62. The SMILES string of the molecule is CCCNC1CCC(NC(=O)c2cc(F)ccc2O)CC1. The van der Waals surface area contributed by atoms with E-state index in [1.165, 1.54) is 6.07 Å². The van der Waals surface area contributed by atoms with Gasteiger partial charge in [-0.05, 0) is 56.8 Å². The zero-order valence-electron chi connectivity index (χ0n) is 12.4. The molecule has 1 fully saturated rings. The van der Waals surface area contributed by atoms with Crippen LogP contribution in [0.1, 0.15) is 49.4 Å². The molecule has 0 spiro atoms. The van der Waals surface area contributed by atoms with Crippen LogP contribution in [-0.4, -0.2) is 29.6 Å². The van der Waals surface area contributed by atoms with Crippen molar-refractivity contribution in [2.24, 2.45) is 0 Å². The summed E-state index contributed by atoms with van der Waals surface area (Å²) in [4.78, 5) is 12.1. The normalized spacial score (nSPS) is 22.0. The Kier molecular flexibility index (Phi) is 5.56. The first-order valence-corrected chi connectivity index (χ1v) is 7.63. The maximum Gasteiger partial charge on any atom is 0.255 e. The third-order valence-corrected chi connectivity index (χ3v) is 3.95. The van der Waals surface area contributed by atoms with Crippen molar-refractivity contribution in [1.82, 2.24) is 10.6 Å². The standard InChI is InChI=1S/C16H23FN2O2/c1-2-9-18-12-4-6-13(7-5-12)19-16(21)14-10-11(17)3-8-15(14)20/h3,8,10,12-13,18,20H,2,4-7,9H2,1H3,(H,19,21). The molecule has 1 amide bonds. The predicted octanol–water partition coefficient (Wildman–Crippen LogP) is 2.57. The minimum atomic E-state index is -0.523. The van der Waals surface area contributed by atoms with E-state index < -0.39 is 11.7 Å². The second kappa shape index (κ2) is 7.41. The minimum Gasteiger partial charge on any atom is -0.507 e. The Morgan fingerprint density at radius 3 is 2.62 bits per heavy atom. The quantitative estimate of drug-likeness (QED) is 0.782. The molecule has 0 atom stereocenters. The van der Waals surface area contributed by atoms with Crippen molar-refractivity contribution in [3.63, 3.8) is 0 Å². The van der Waals surface area contributed by atoms with E-state index in [9.17, 15) is 14.3 Å². The highest BCUT2D eigenvalue weighted by Gasteiger charge is 2.23. The van der Waals surface area contributed by atoms with Crippen LogP contribution in [-0.2, 0) is 0 Å². The molecular weight excluding hydrogens is 271 g/mol. The van der Waals surface area contributed by atoms with Gasteiger partial charge < -0.3 is 15.7 Å². The van der Waals surface area contributed by atoms with Gasteiger partial charge in [0.05, 0.1) is 5.56 Å². The zero-order valence-corrected chi connectivity index (χ0v) is 12.4. The lowest BCUT2D eigenvalue weighted by Gasteiger charge is -2.29. The Morgan fingerprint density at radius 1 is 1.29 bits per heavy atom. The van der Waals surface area contributed by atoms with Gasteiger partial charge in [-0.2, -0.15) is 0 Å². The average molecular weight is 294 g/mol. The smallest absolute Gasteiger partial charge is 0.255 e. The summed E-state index contributed by atoms with van der Waals surface area (Å²) in [6.45, 7) is 3.17. The first-order chi connectivity index (χ1) is 10.1. The van der Waals surface area contributed by atoms with Gasteiger partial charge in [-0.15, -0.1) is 0 Å². The average Bonchev–Trinajstić information content (AvgIpc) is 2.49. The van der Waals surface area contributed by atoms with E-state index in [1.54, 1.807) is 0 Å². The molecule has 0 bridgehead atoms. The largest absolute Gasteiger partial charge is 0.507 e. The lowest BCUT2D eigenvalue weighted by molar-refractivity contribution is 0.0921. The van der Waals surface area contributed by atoms with Gasteiger partial charge in [0.25, 0.3) is 5.91 Å². The van der Waals surface area contributed by atoms with E-state index in [0.717, 1.165) is 50.8 Å². The number of phenols is 1. The molecule has 4 nitrogen and oxygen atoms in total. The van der Waals surface area contributed by atoms with Crippen LogP contribution in [0.25, 0.3) is 0 Å². The van der Waals surface area contributed by atoms with E-state index >= 15 is 0 Å². The second-order valence-corrected chi connectivity index (χ2v) is 5.64. The number of carbonyl (C=O) groups excluding carboxylic acids is 1. The minimum absolute atomic E-state index is 0.00114. The summed E-state index contributed by atoms with van der Waals surface area (Å²) in [6, 6.07) is 4.03. The molecule has 1 saturated carbocycles. The summed E-state index contributed by atoms with van der Waals surface area (Å²) in [7, 11) is 0. The van der Waals surface area contributed by atoms with Gasteiger partial charge in [0, 0.05) is 12.1 Å². The topological polar surface area (TPSA) is 61.4 Å². The summed E-state index contributed by atoms with van der Waals surface area (Å²) < 4.78 is 13.2. The summed E-state index contributed by atoms with van der Waals surface area (Å²) in [5.41, 5.74) is 0.00114. The number of phenolic OH excluding ortho intramolecular Hbond substituents is 1. The monoisotopic (exact) mass is 294 g/mol. The molecule has 116 valence electrons. The Bertz CT molecular complexity index is 485. The number of rotatable bonds is 5. The van der Waals surface area contributed by atoms with Crippen molar-refractivity contribution in [3.8, 4) is 5.75 Å². The third-order valence-electron chi connectivity index (χ3n) is 3.95. The second-order valence-electron chi connectivity index (χ2n) is 5.64. The number of carbonyl (C=O) groups is 1. The highest BCUT2D eigenvalue weighted by molar-refractivity contribution is 5.96. The number of benzene rings is 1. The van der Waals surface area contributed by atoms with Gasteiger partial charge in [-0.1, -0.05) is 6.92 Å². The molecule has 1 aliphatic rings. The number of amides is 1. The Labute approximate surface area is 124 Å². The van der Waals surface area contributed by atoms with Crippen molar-refractivity contribution in [2.75, 3.05) is 6.54 Å². The van der Waals surface area contributed by atoms with Crippen molar-refractivity contribution in [2.45, 2.75) is 51.1 Å². The number of halogens is 1. The fourth-order valence-electron chi connectivity index (χ4n) is 2.74. The fourth-order valence-corrected chi connectivity index (χ4v) is 2.74. The lowest BCUT2D eigenvalue weighted by Crippen LogP contribution is -2.42. The van der Waals surface area contributed by atoms with Gasteiger partial charge in [-0.3, -0.25) is 4.79 Å². The number of hydrogen-bond donors (Lipinski definition) is 3. The van der Waals surface area contributed by atoms with Gasteiger partial charge in [0.2, 0.25) is 0 Å². The van der Waals surface area contributed by atoms with Crippen molar-refractivity contribution in [1.29, 1.82) is 0 Å². The highest BCUT2D eigenvalue weighted by Crippen LogP contribution is 2.21. The lowest BCUT2D eigenvalue weighted by atomic mass is 9.91. The summed E-state index contributed by atoms with van der Waals surface area (Å²) in [5, 5.41) is 16.0. The molecule has 1 aliphatic carbocycles. The van der Waals surface area contributed by atoms with Crippen LogP contribution in [0.15, 0.2) is 18.2 Å². The third kappa shape index (κ3) is 4.43. The molecule has 1 aromatic carbocycles. The molecule has 3 N–H and O–H groups in total. The van der Waals surface area contributed by atoms with Crippen LogP contribution in [0.2, 0.25) is 0 Å². The van der Waals surface area contributed by atoms with E-state index in [-0.39, 0.29) is 17.4 Å². The molecule has 0 radical (unpaired) electrons. The maximum atomic E-state index is 13.2. The predicted molar refractivity (Wildman–Crippen MR) is 79.9 cm³/mol. The summed E-state index contributed by atoms with van der Waals surface area (Å²) >= 11 is 0. The van der Waals surface area contributed by atoms with Crippen LogP contribution < -0.4 is 10.6 Å². The Balaban J connectivity index is 1.85. The van der Waals surface area contributed by atoms with E-state index in [2.05, 4.69) is 17.6 Å². The molecule has 0 aliphatic heterocycles. The van der Waals surface area contributed by atoms with E-state index in [1.807, 2.05) is 0 Å². The molecule has 21 heavy (non-hydrogen) atoms. The molecule has 1 aromatic rings. The number of nitrogens with one attached hydrogen (secondary N) is 2. The van der Waals surface area contributed by atoms with Gasteiger partial charge >= 0.3 is 0 Å². The first kappa shape index (κ1) is 15.8. The molecule has 2 rings (SSSR count). The number of hydrogen-bond acceptors (Lipinski definition) is 3. The first-order valence-electron chi connectivity index (χ1n) is 7.63. The van der Waals surface area contributed by atoms with Gasteiger partial charge in [0.1, 0.15) is 11.6 Å². The van der Waals surface area contributed by atoms with E-state index in [0.29, 0.717) is 6.04 Å². The van der Waals surface area contributed by atoms with E-state index in [4.69, 9.17) is 0 Å².